The van der Waals surface area contributed by atoms with E-state index in [1.165, 1.54) is 33.2 Å². The van der Waals surface area contributed by atoms with E-state index >= 15 is 0 Å². The molecule has 0 aliphatic carbocycles. The van der Waals surface area contributed by atoms with Crippen molar-refractivity contribution >= 4 is 23.2 Å². The van der Waals surface area contributed by atoms with Crippen LogP contribution in [-0.4, -0.2) is 39.7 Å². The second kappa shape index (κ2) is 9.28. The number of nitrogens with one attached hydrogen (secondary N) is 1. The van der Waals surface area contributed by atoms with Crippen LogP contribution in [0, 0.1) is 11.3 Å². The van der Waals surface area contributed by atoms with E-state index in [2.05, 4.69) is 5.32 Å². The quantitative estimate of drug-likeness (QED) is 0.789. The second-order valence-corrected chi connectivity index (χ2v) is 5.73. The van der Waals surface area contributed by atoms with Gasteiger partial charge in [0.15, 0.2) is 11.5 Å². The standard InChI is InChI=1S/C20H21N3O5/c1-13(24)23(16-7-5-6-14(8-16)11-21)12-19(25)22-15-9-17(26-2)20(28-4)18(10-15)27-3/h5-10H,12H2,1-4H3,(H,22,25). The molecule has 8 heteroatoms. The Morgan fingerprint density at radius 1 is 1.07 bits per heavy atom. The summed E-state index contributed by atoms with van der Waals surface area (Å²) in [7, 11) is 4.43. The highest BCUT2D eigenvalue weighted by Crippen LogP contribution is 2.39. The Morgan fingerprint density at radius 3 is 2.21 bits per heavy atom. The topological polar surface area (TPSA) is 101 Å². The first-order valence-electron chi connectivity index (χ1n) is 8.31. The highest BCUT2D eigenvalue weighted by Gasteiger charge is 2.18. The number of hydrogen-bond acceptors (Lipinski definition) is 6. The maximum atomic E-state index is 12.5. The van der Waals surface area contributed by atoms with Crippen molar-refractivity contribution in [1.29, 1.82) is 5.26 Å². The van der Waals surface area contributed by atoms with Crippen LogP contribution in [-0.2, 0) is 9.59 Å². The van der Waals surface area contributed by atoms with Crippen LogP contribution in [0.2, 0.25) is 0 Å². The molecule has 0 radical (unpaired) electrons. The zero-order valence-electron chi connectivity index (χ0n) is 16.1. The summed E-state index contributed by atoms with van der Waals surface area (Å²) < 4.78 is 15.8. The van der Waals surface area contributed by atoms with Crippen LogP contribution in [0.1, 0.15) is 12.5 Å². The van der Waals surface area contributed by atoms with Gasteiger partial charge >= 0.3 is 0 Å². The van der Waals surface area contributed by atoms with E-state index in [0.717, 1.165) is 0 Å². The molecular weight excluding hydrogens is 362 g/mol. The van der Waals surface area contributed by atoms with Gasteiger partial charge in [0, 0.05) is 30.4 Å². The van der Waals surface area contributed by atoms with Crippen LogP contribution in [0.3, 0.4) is 0 Å². The number of amides is 2. The first kappa shape index (κ1) is 20.6. The number of benzene rings is 2. The van der Waals surface area contributed by atoms with Crippen molar-refractivity contribution < 1.29 is 23.8 Å². The van der Waals surface area contributed by atoms with Crippen molar-refractivity contribution in [2.24, 2.45) is 0 Å². The molecule has 146 valence electrons. The SMILES string of the molecule is COc1cc(NC(=O)CN(C(C)=O)c2cccc(C#N)c2)cc(OC)c1OC. The number of nitriles is 1. The average Bonchev–Trinajstić information content (AvgIpc) is 2.70. The molecular formula is C20H21N3O5. The smallest absolute Gasteiger partial charge is 0.244 e. The Morgan fingerprint density at radius 2 is 1.71 bits per heavy atom. The zero-order chi connectivity index (χ0) is 20.7. The van der Waals surface area contributed by atoms with E-state index in [-0.39, 0.29) is 12.5 Å². The maximum absolute atomic E-state index is 12.5. The third kappa shape index (κ3) is 4.71. The van der Waals surface area contributed by atoms with Crippen LogP contribution < -0.4 is 24.4 Å². The largest absolute Gasteiger partial charge is 0.493 e. The molecule has 28 heavy (non-hydrogen) atoms. The van der Waals surface area contributed by atoms with Gasteiger partial charge < -0.3 is 24.4 Å². The van der Waals surface area contributed by atoms with E-state index < -0.39 is 5.91 Å². The van der Waals surface area contributed by atoms with Gasteiger partial charge in [0.2, 0.25) is 17.6 Å². The van der Waals surface area contributed by atoms with E-state index in [0.29, 0.717) is 34.2 Å². The van der Waals surface area contributed by atoms with E-state index in [1.54, 1.807) is 36.4 Å². The van der Waals surface area contributed by atoms with Crippen LogP contribution in [0.4, 0.5) is 11.4 Å². The minimum atomic E-state index is -0.424. The number of hydrogen-bond donors (Lipinski definition) is 1. The molecule has 0 fully saturated rings. The third-order valence-electron chi connectivity index (χ3n) is 3.92. The lowest BCUT2D eigenvalue weighted by Crippen LogP contribution is -2.36. The summed E-state index contributed by atoms with van der Waals surface area (Å²) in [5, 5.41) is 11.7. The summed E-state index contributed by atoms with van der Waals surface area (Å²) in [6.45, 7) is 1.13. The number of anilines is 2. The predicted molar refractivity (Wildman–Crippen MR) is 104 cm³/mol. The molecule has 2 amide bonds. The van der Waals surface area contributed by atoms with Crippen LogP contribution in [0.5, 0.6) is 17.2 Å². The van der Waals surface area contributed by atoms with Gasteiger partial charge in [-0.25, -0.2) is 0 Å². The molecule has 8 nitrogen and oxygen atoms in total. The Kier molecular flexibility index (Phi) is 6.82. The van der Waals surface area contributed by atoms with Crippen molar-refractivity contribution in [3.8, 4) is 23.3 Å². The van der Waals surface area contributed by atoms with Gasteiger partial charge in [0.1, 0.15) is 6.54 Å². The Balaban J connectivity index is 2.24. The summed E-state index contributed by atoms with van der Waals surface area (Å²) in [5.41, 5.74) is 1.29. The van der Waals surface area contributed by atoms with Gasteiger partial charge in [-0.2, -0.15) is 5.26 Å². The molecule has 0 atom stereocenters. The lowest BCUT2D eigenvalue weighted by molar-refractivity contribution is -0.120. The monoisotopic (exact) mass is 383 g/mol. The molecule has 0 bridgehead atoms. The first-order valence-corrected chi connectivity index (χ1v) is 8.31. The highest BCUT2D eigenvalue weighted by atomic mass is 16.5. The van der Waals surface area contributed by atoms with Gasteiger partial charge in [-0.1, -0.05) is 6.07 Å². The lowest BCUT2D eigenvalue weighted by Gasteiger charge is -2.21. The molecule has 0 aliphatic rings. The number of nitrogens with zero attached hydrogens (tertiary/aromatic N) is 2. The molecule has 0 aromatic heterocycles. The molecule has 2 rings (SSSR count). The molecule has 0 saturated carbocycles. The van der Waals surface area contributed by atoms with Crippen LogP contribution in [0.15, 0.2) is 36.4 Å². The Labute approximate surface area is 163 Å². The van der Waals surface area contributed by atoms with Crippen LogP contribution in [0.25, 0.3) is 0 Å². The molecule has 1 N–H and O–H groups in total. The fraction of sp³-hybridized carbons (Fsp3) is 0.250. The lowest BCUT2D eigenvalue weighted by atomic mass is 10.2. The van der Waals surface area contributed by atoms with E-state index in [1.807, 2.05) is 6.07 Å². The maximum Gasteiger partial charge on any atom is 0.244 e. The summed E-state index contributed by atoms with van der Waals surface area (Å²) in [4.78, 5) is 25.8. The van der Waals surface area contributed by atoms with Gasteiger partial charge in [-0.3, -0.25) is 9.59 Å². The highest BCUT2D eigenvalue weighted by molar-refractivity contribution is 6.02. The van der Waals surface area contributed by atoms with Crippen molar-refractivity contribution in [3.05, 3.63) is 42.0 Å². The summed E-state index contributed by atoms with van der Waals surface area (Å²) in [6, 6.07) is 11.7. The third-order valence-corrected chi connectivity index (χ3v) is 3.92. The zero-order valence-corrected chi connectivity index (χ0v) is 16.1. The van der Waals surface area contributed by atoms with Gasteiger partial charge in [0.25, 0.3) is 0 Å². The molecule has 0 heterocycles. The molecule has 0 unspecified atom stereocenters. The number of carbonyl (C=O) groups excluding carboxylic acids is 2. The number of methoxy groups -OCH3 is 3. The van der Waals surface area contributed by atoms with Crippen molar-refractivity contribution in [3.63, 3.8) is 0 Å². The fourth-order valence-corrected chi connectivity index (χ4v) is 2.63. The van der Waals surface area contributed by atoms with E-state index in [9.17, 15) is 9.59 Å². The minimum absolute atomic E-state index is 0.221. The first-order chi connectivity index (χ1) is 13.4. The molecule has 0 saturated heterocycles. The summed E-state index contributed by atoms with van der Waals surface area (Å²) >= 11 is 0. The van der Waals surface area contributed by atoms with Crippen molar-refractivity contribution in [2.45, 2.75) is 6.92 Å². The molecule has 2 aromatic carbocycles. The van der Waals surface area contributed by atoms with Gasteiger partial charge in [0.05, 0.1) is 33.0 Å². The summed E-state index contributed by atoms with van der Waals surface area (Å²) in [5.74, 6) is 0.438. The van der Waals surface area contributed by atoms with Gasteiger partial charge in [-0.05, 0) is 18.2 Å². The number of rotatable bonds is 7. The number of carbonyl (C=O) groups is 2. The van der Waals surface area contributed by atoms with Crippen molar-refractivity contribution in [1.82, 2.24) is 0 Å². The minimum Gasteiger partial charge on any atom is -0.493 e. The normalized spacial score (nSPS) is 9.82. The number of ether oxygens (including phenoxy) is 3. The fourth-order valence-electron chi connectivity index (χ4n) is 2.63. The second-order valence-electron chi connectivity index (χ2n) is 5.73. The van der Waals surface area contributed by atoms with Crippen LogP contribution >= 0.6 is 0 Å². The molecule has 2 aromatic rings. The van der Waals surface area contributed by atoms with E-state index in [4.69, 9.17) is 19.5 Å². The predicted octanol–water partition coefficient (Wildman–Crippen LogP) is 2.58. The van der Waals surface area contributed by atoms with Gasteiger partial charge in [-0.15, -0.1) is 0 Å². The molecule has 0 spiro atoms. The Hall–Kier alpha value is -3.73. The summed E-state index contributed by atoms with van der Waals surface area (Å²) in [6.07, 6.45) is 0. The Bertz CT molecular complexity index is 895. The average molecular weight is 383 g/mol. The molecule has 0 aliphatic heterocycles. The van der Waals surface area contributed by atoms with Crippen molar-refractivity contribution in [2.75, 3.05) is 38.1 Å².